The molecule has 82 valence electrons. The van der Waals surface area contributed by atoms with E-state index in [4.69, 9.17) is 4.74 Å². The number of methoxy groups -OCH3 is 1. The number of carbonyl (C=O) groups excluding carboxylic acids is 1. The van der Waals surface area contributed by atoms with Crippen LogP contribution < -0.4 is 0 Å². The smallest absolute Gasteiger partial charge is 0.319 e. The number of hydrogen-bond acceptors (Lipinski definition) is 4. The van der Waals surface area contributed by atoms with Gasteiger partial charge >= 0.3 is 5.97 Å². The highest BCUT2D eigenvalue weighted by Crippen LogP contribution is 2.33. The van der Waals surface area contributed by atoms with E-state index in [0.717, 1.165) is 13.0 Å². The van der Waals surface area contributed by atoms with E-state index in [9.17, 15) is 4.79 Å². The molecule has 0 radical (unpaired) electrons. The van der Waals surface area contributed by atoms with Crippen LogP contribution in [-0.4, -0.2) is 31.1 Å². The standard InChI is InChI=1S/C11H15NO2S/c1-14-11(13)8-12-6-2-4-9(12)10-5-3-7-15-10/h3,5,7,9H,2,4,6,8H2,1H3. The summed E-state index contributed by atoms with van der Waals surface area (Å²) in [5.41, 5.74) is 0. The number of nitrogens with zero attached hydrogens (tertiary/aromatic N) is 1. The molecule has 2 rings (SSSR count). The summed E-state index contributed by atoms with van der Waals surface area (Å²) < 4.78 is 4.70. The van der Waals surface area contributed by atoms with Crippen molar-refractivity contribution in [1.82, 2.24) is 4.90 Å². The summed E-state index contributed by atoms with van der Waals surface area (Å²) in [6, 6.07) is 4.63. The molecule has 1 aliphatic heterocycles. The lowest BCUT2D eigenvalue weighted by atomic mass is 10.2. The number of likely N-dealkylation sites (tertiary alicyclic amines) is 1. The molecular formula is C11H15NO2S. The first-order valence-electron chi connectivity index (χ1n) is 5.15. The fourth-order valence-electron chi connectivity index (χ4n) is 2.05. The van der Waals surface area contributed by atoms with Crippen molar-refractivity contribution >= 4 is 17.3 Å². The van der Waals surface area contributed by atoms with Gasteiger partial charge in [0.1, 0.15) is 0 Å². The van der Waals surface area contributed by atoms with Crippen molar-refractivity contribution in [2.75, 3.05) is 20.2 Å². The van der Waals surface area contributed by atoms with Gasteiger partial charge in [0, 0.05) is 10.9 Å². The Balaban J connectivity index is 2.02. The normalized spacial score (nSPS) is 21.8. The van der Waals surface area contributed by atoms with Crippen LogP contribution in [0.1, 0.15) is 23.8 Å². The van der Waals surface area contributed by atoms with Crippen molar-refractivity contribution in [2.45, 2.75) is 18.9 Å². The number of hydrogen-bond donors (Lipinski definition) is 0. The maximum Gasteiger partial charge on any atom is 0.319 e. The van der Waals surface area contributed by atoms with Crippen molar-refractivity contribution in [3.8, 4) is 0 Å². The molecule has 0 bridgehead atoms. The Kier molecular flexibility index (Phi) is 3.38. The molecule has 1 aromatic heterocycles. The van der Waals surface area contributed by atoms with Crippen LogP contribution in [0.15, 0.2) is 17.5 Å². The second kappa shape index (κ2) is 4.77. The van der Waals surface area contributed by atoms with Crippen LogP contribution in [0.2, 0.25) is 0 Å². The lowest BCUT2D eigenvalue weighted by molar-refractivity contribution is -0.142. The summed E-state index contributed by atoms with van der Waals surface area (Å²) >= 11 is 1.76. The molecule has 1 atom stereocenters. The zero-order chi connectivity index (χ0) is 10.7. The number of rotatable bonds is 3. The lowest BCUT2D eigenvalue weighted by Crippen LogP contribution is -2.29. The quantitative estimate of drug-likeness (QED) is 0.737. The molecule has 0 aliphatic carbocycles. The minimum atomic E-state index is -0.140. The molecule has 0 spiro atoms. The van der Waals surface area contributed by atoms with Gasteiger partial charge < -0.3 is 4.74 Å². The summed E-state index contributed by atoms with van der Waals surface area (Å²) in [6.07, 6.45) is 2.32. The molecule has 15 heavy (non-hydrogen) atoms. The van der Waals surface area contributed by atoms with Gasteiger partial charge in [-0.2, -0.15) is 0 Å². The van der Waals surface area contributed by atoms with Gasteiger partial charge in [-0.3, -0.25) is 9.69 Å². The van der Waals surface area contributed by atoms with Crippen LogP contribution >= 0.6 is 11.3 Å². The molecule has 0 aromatic carbocycles. The van der Waals surface area contributed by atoms with Crippen molar-refractivity contribution < 1.29 is 9.53 Å². The van der Waals surface area contributed by atoms with Gasteiger partial charge in [-0.05, 0) is 30.8 Å². The highest BCUT2D eigenvalue weighted by atomic mass is 32.1. The van der Waals surface area contributed by atoms with E-state index in [-0.39, 0.29) is 5.97 Å². The van der Waals surface area contributed by atoms with Gasteiger partial charge in [-0.1, -0.05) is 6.07 Å². The number of ether oxygens (including phenoxy) is 1. The Hall–Kier alpha value is -0.870. The van der Waals surface area contributed by atoms with E-state index in [0.29, 0.717) is 12.6 Å². The third-order valence-corrected chi connectivity index (χ3v) is 3.77. The van der Waals surface area contributed by atoms with Crippen LogP contribution in [0.5, 0.6) is 0 Å². The first-order valence-corrected chi connectivity index (χ1v) is 6.03. The van der Waals surface area contributed by atoms with Gasteiger partial charge in [0.2, 0.25) is 0 Å². The second-order valence-corrected chi connectivity index (χ2v) is 4.70. The van der Waals surface area contributed by atoms with E-state index in [1.54, 1.807) is 11.3 Å². The zero-order valence-corrected chi connectivity index (χ0v) is 9.63. The Bertz CT molecular complexity index is 323. The molecule has 1 aromatic rings. The zero-order valence-electron chi connectivity index (χ0n) is 8.81. The third kappa shape index (κ3) is 2.38. The van der Waals surface area contributed by atoms with E-state index < -0.39 is 0 Å². The van der Waals surface area contributed by atoms with Gasteiger partial charge in [-0.25, -0.2) is 0 Å². The Labute approximate surface area is 93.7 Å². The van der Waals surface area contributed by atoms with Crippen LogP contribution in [0.25, 0.3) is 0 Å². The predicted octanol–water partition coefficient (Wildman–Crippen LogP) is 2.06. The minimum absolute atomic E-state index is 0.140. The first kappa shape index (κ1) is 10.6. The van der Waals surface area contributed by atoms with Crippen LogP contribution in [0.4, 0.5) is 0 Å². The largest absolute Gasteiger partial charge is 0.468 e. The molecule has 1 fully saturated rings. The molecule has 3 nitrogen and oxygen atoms in total. The average Bonchev–Trinajstić information content (AvgIpc) is 2.86. The van der Waals surface area contributed by atoms with Gasteiger partial charge in [0.15, 0.2) is 0 Å². The maximum atomic E-state index is 11.2. The lowest BCUT2D eigenvalue weighted by Gasteiger charge is -2.21. The fraction of sp³-hybridized carbons (Fsp3) is 0.545. The topological polar surface area (TPSA) is 29.5 Å². The van der Waals surface area contributed by atoms with Crippen molar-refractivity contribution in [3.05, 3.63) is 22.4 Å². The average molecular weight is 225 g/mol. The number of esters is 1. The van der Waals surface area contributed by atoms with E-state index >= 15 is 0 Å². The highest BCUT2D eigenvalue weighted by Gasteiger charge is 2.28. The Morgan fingerprint density at radius 1 is 1.73 bits per heavy atom. The van der Waals surface area contributed by atoms with Gasteiger partial charge in [0.05, 0.1) is 13.7 Å². The summed E-state index contributed by atoms with van der Waals surface area (Å²) in [5, 5.41) is 2.09. The summed E-state index contributed by atoms with van der Waals surface area (Å²) in [6.45, 7) is 1.41. The van der Waals surface area contributed by atoms with Crippen LogP contribution in [-0.2, 0) is 9.53 Å². The van der Waals surface area contributed by atoms with Crippen LogP contribution in [0.3, 0.4) is 0 Å². The van der Waals surface area contributed by atoms with Crippen molar-refractivity contribution in [1.29, 1.82) is 0 Å². The molecule has 1 saturated heterocycles. The molecule has 2 heterocycles. The minimum Gasteiger partial charge on any atom is -0.468 e. The molecule has 0 saturated carbocycles. The molecule has 1 aliphatic rings. The Morgan fingerprint density at radius 3 is 3.27 bits per heavy atom. The summed E-state index contributed by atoms with van der Waals surface area (Å²) in [5.74, 6) is -0.140. The van der Waals surface area contributed by atoms with E-state index in [1.807, 2.05) is 0 Å². The van der Waals surface area contributed by atoms with Gasteiger partial charge in [0.25, 0.3) is 0 Å². The molecule has 0 amide bonds. The SMILES string of the molecule is COC(=O)CN1CCCC1c1cccs1. The number of thiophene rings is 1. The van der Waals surface area contributed by atoms with E-state index in [2.05, 4.69) is 22.4 Å². The number of carbonyl (C=O) groups is 1. The maximum absolute atomic E-state index is 11.2. The second-order valence-electron chi connectivity index (χ2n) is 3.72. The van der Waals surface area contributed by atoms with E-state index in [1.165, 1.54) is 18.4 Å². The molecule has 1 unspecified atom stereocenters. The molecule has 0 N–H and O–H groups in total. The third-order valence-electron chi connectivity index (χ3n) is 2.80. The monoisotopic (exact) mass is 225 g/mol. The molecular weight excluding hydrogens is 210 g/mol. The highest BCUT2D eigenvalue weighted by molar-refractivity contribution is 7.10. The summed E-state index contributed by atoms with van der Waals surface area (Å²) in [4.78, 5) is 14.8. The first-order chi connectivity index (χ1) is 7.31. The predicted molar refractivity (Wildman–Crippen MR) is 59.9 cm³/mol. The Morgan fingerprint density at radius 2 is 2.60 bits per heavy atom. The van der Waals surface area contributed by atoms with Crippen molar-refractivity contribution in [2.24, 2.45) is 0 Å². The summed E-state index contributed by atoms with van der Waals surface area (Å²) in [7, 11) is 1.44. The fourth-order valence-corrected chi connectivity index (χ4v) is 2.94. The van der Waals surface area contributed by atoms with Crippen LogP contribution in [0, 0.1) is 0 Å². The van der Waals surface area contributed by atoms with Crippen molar-refractivity contribution in [3.63, 3.8) is 0 Å². The van der Waals surface area contributed by atoms with Gasteiger partial charge in [-0.15, -0.1) is 11.3 Å². The molecule has 4 heteroatoms.